The van der Waals surface area contributed by atoms with Gasteiger partial charge in [-0.2, -0.15) is 0 Å². The van der Waals surface area contributed by atoms with Crippen LogP contribution >= 0.6 is 0 Å². The molecule has 3 nitrogen and oxygen atoms in total. The molecule has 1 aliphatic rings. The molecule has 0 spiro atoms. The molecule has 0 saturated heterocycles. The first-order valence-corrected chi connectivity index (χ1v) is 19.4. The molecule has 1 aliphatic carbocycles. The summed E-state index contributed by atoms with van der Waals surface area (Å²) >= 11 is 0. The molecule has 3 heteroatoms. The summed E-state index contributed by atoms with van der Waals surface area (Å²) in [4.78, 5) is 15.0. The van der Waals surface area contributed by atoms with Gasteiger partial charge in [0.2, 0.25) is 0 Å². The standard InChI is InChI=1S/C54H35N3/c1-5-18-36(19-6-1)51-55-52(37-20-7-2-8-21-37)57-53(56-51)40-23-17-22-38(34-40)39-32-33-47-48(35-39)54(41-24-9-3-10-25-41,42-26-11-4-12-27-42)50-46-31-16-14-29-44(46)43-28-13-15-30-45(43)49(47)50/h1-35H. The van der Waals surface area contributed by atoms with Crippen molar-refractivity contribution >= 4 is 21.5 Å². The first kappa shape index (κ1) is 32.9. The average molecular weight is 726 g/mol. The topological polar surface area (TPSA) is 38.7 Å². The third kappa shape index (κ3) is 5.24. The van der Waals surface area contributed by atoms with Gasteiger partial charge in [-0.15, -0.1) is 0 Å². The summed E-state index contributed by atoms with van der Waals surface area (Å²) in [5, 5.41) is 5.09. The molecule has 57 heavy (non-hydrogen) atoms. The Kier molecular flexibility index (Phi) is 7.71. The monoisotopic (exact) mass is 725 g/mol. The first-order valence-electron chi connectivity index (χ1n) is 19.4. The van der Waals surface area contributed by atoms with E-state index in [0.717, 1.165) is 27.8 Å². The highest BCUT2D eigenvalue weighted by atomic mass is 15.0. The minimum atomic E-state index is -0.576. The van der Waals surface area contributed by atoms with Crippen LogP contribution in [0, 0.1) is 0 Å². The fourth-order valence-corrected chi connectivity index (χ4v) is 9.12. The number of rotatable bonds is 6. The number of aromatic nitrogens is 3. The Balaban J connectivity index is 1.16. The van der Waals surface area contributed by atoms with Crippen LogP contribution in [0.2, 0.25) is 0 Å². The lowest BCUT2D eigenvalue weighted by Gasteiger charge is -2.35. The van der Waals surface area contributed by atoms with Crippen molar-refractivity contribution in [3.63, 3.8) is 0 Å². The average Bonchev–Trinajstić information content (AvgIpc) is 3.62. The van der Waals surface area contributed by atoms with Gasteiger partial charge in [-0.3, -0.25) is 0 Å². The lowest BCUT2D eigenvalue weighted by atomic mass is 9.66. The van der Waals surface area contributed by atoms with E-state index in [1.807, 2.05) is 60.7 Å². The summed E-state index contributed by atoms with van der Waals surface area (Å²) < 4.78 is 0. The largest absolute Gasteiger partial charge is 0.208 e. The molecular formula is C54H35N3. The number of nitrogens with zero attached hydrogens (tertiary/aromatic N) is 3. The van der Waals surface area contributed by atoms with Crippen molar-refractivity contribution < 1.29 is 0 Å². The van der Waals surface area contributed by atoms with E-state index in [2.05, 4.69) is 152 Å². The van der Waals surface area contributed by atoms with E-state index >= 15 is 0 Å². The second kappa shape index (κ2) is 13.4. The molecule has 10 aromatic rings. The van der Waals surface area contributed by atoms with E-state index in [-0.39, 0.29) is 0 Å². The highest BCUT2D eigenvalue weighted by Crippen LogP contribution is 2.60. The van der Waals surface area contributed by atoms with Crippen molar-refractivity contribution in [3.05, 3.63) is 235 Å². The second-order valence-corrected chi connectivity index (χ2v) is 14.7. The van der Waals surface area contributed by atoms with Gasteiger partial charge in [-0.05, 0) is 78.2 Å². The molecule has 0 aliphatic heterocycles. The highest BCUT2D eigenvalue weighted by molar-refractivity contribution is 6.19. The van der Waals surface area contributed by atoms with Gasteiger partial charge in [0.15, 0.2) is 17.5 Å². The Hall–Kier alpha value is -7.49. The van der Waals surface area contributed by atoms with Crippen LogP contribution in [-0.4, -0.2) is 15.0 Å². The summed E-state index contributed by atoms with van der Waals surface area (Å²) in [6.45, 7) is 0. The van der Waals surface area contributed by atoms with Gasteiger partial charge < -0.3 is 0 Å². The number of hydrogen-bond donors (Lipinski definition) is 0. The second-order valence-electron chi connectivity index (χ2n) is 14.7. The van der Waals surface area contributed by atoms with Crippen LogP contribution < -0.4 is 0 Å². The van der Waals surface area contributed by atoms with Crippen molar-refractivity contribution in [1.82, 2.24) is 15.0 Å². The van der Waals surface area contributed by atoms with Gasteiger partial charge in [0, 0.05) is 16.7 Å². The molecule has 0 N–H and O–H groups in total. The molecule has 0 atom stereocenters. The maximum Gasteiger partial charge on any atom is 0.164 e. The van der Waals surface area contributed by atoms with Gasteiger partial charge >= 0.3 is 0 Å². The lowest BCUT2D eigenvalue weighted by Crippen LogP contribution is -2.29. The maximum atomic E-state index is 5.06. The smallest absolute Gasteiger partial charge is 0.164 e. The van der Waals surface area contributed by atoms with Crippen LogP contribution in [0.25, 0.3) is 78.0 Å². The van der Waals surface area contributed by atoms with Crippen molar-refractivity contribution in [3.8, 4) is 56.4 Å². The minimum absolute atomic E-state index is 0.576. The van der Waals surface area contributed by atoms with Gasteiger partial charge in [-0.1, -0.05) is 200 Å². The third-order valence-corrected chi connectivity index (χ3v) is 11.6. The summed E-state index contributed by atoms with van der Waals surface area (Å²) in [7, 11) is 0. The number of fused-ring (bicyclic) bond motifs is 8. The Morgan fingerprint density at radius 1 is 0.298 bits per heavy atom. The first-order chi connectivity index (χ1) is 28.3. The molecule has 1 aromatic heterocycles. The molecule has 11 rings (SSSR count). The van der Waals surface area contributed by atoms with E-state index in [9.17, 15) is 0 Å². The summed E-state index contributed by atoms with van der Waals surface area (Å²) in [5.74, 6) is 1.93. The quantitative estimate of drug-likeness (QED) is 0.160. The fraction of sp³-hybridized carbons (Fsp3) is 0.0185. The van der Waals surface area contributed by atoms with E-state index in [4.69, 9.17) is 15.0 Å². The van der Waals surface area contributed by atoms with E-state index in [1.165, 1.54) is 54.9 Å². The van der Waals surface area contributed by atoms with E-state index in [1.54, 1.807) is 0 Å². The third-order valence-electron chi connectivity index (χ3n) is 11.6. The zero-order valence-corrected chi connectivity index (χ0v) is 31.0. The van der Waals surface area contributed by atoms with E-state index < -0.39 is 5.41 Å². The van der Waals surface area contributed by atoms with Crippen LogP contribution in [-0.2, 0) is 5.41 Å². The van der Waals surface area contributed by atoms with Crippen molar-refractivity contribution in [2.75, 3.05) is 0 Å². The highest BCUT2D eigenvalue weighted by Gasteiger charge is 2.48. The van der Waals surface area contributed by atoms with Crippen LogP contribution in [0.15, 0.2) is 212 Å². The zero-order chi connectivity index (χ0) is 37.8. The molecule has 0 unspecified atom stereocenters. The Bertz CT molecular complexity index is 3010. The summed E-state index contributed by atoms with van der Waals surface area (Å²) in [6, 6.07) is 76.0. The van der Waals surface area contributed by atoms with Crippen molar-refractivity contribution in [1.29, 1.82) is 0 Å². The Morgan fingerprint density at radius 3 is 1.30 bits per heavy atom. The van der Waals surface area contributed by atoms with Gasteiger partial charge in [0.05, 0.1) is 5.41 Å². The Morgan fingerprint density at radius 2 is 0.719 bits per heavy atom. The SMILES string of the molecule is c1ccc(-c2nc(-c3ccccc3)nc(-c3cccc(-c4ccc5c(c4)C(c4ccccc4)(c4ccccc4)c4c-5c5ccccc5c5ccccc45)c3)n2)cc1. The molecule has 0 radical (unpaired) electrons. The molecule has 0 bridgehead atoms. The molecule has 0 fully saturated rings. The Labute approximate surface area is 331 Å². The molecule has 0 amide bonds. The van der Waals surface area contributed by atoms with Crippen molar-refractivity contribution in [2.45, 2.75) is 5.41 Å². The van der Waals surface area contributed by atoms with Crippen LogP contribution in [0.3, 0.4) is 0 Å². The molecule has 1 heterocycles. The molecule has 9 aromatic carbocycles. The predicted octanol–water partition coefficient (Wildman–Crippen LogP) is 13.2. The molecular weight excluding hydrogens is 691 g/mol. The van der Waals surface area contributed by atoms with Gasteiger partial charge in [-0.25, -0.2) is 15.0 Å². The minimum Gasteiger partial charge on any atom is -0.208 e. The molecule has 0 saturated carbocycles. The normalized spacial score (nSPS) is 12.7. The lowest BCUT2D eigenvalue weighted by molar-refractivity contribution is 0.776. The zero-order valence-electron chi connectivity index (χ0n) is 31.0. The number of hydrogen-bond acceptors (Lipinski definition) is 3. The van der Waals surface area contributed by atoms with Crippen LogP contribution in [0.1, 0.15) is 22.3 Å². The van der Waals surface area contributed by atoms with Gasteiger partial charge in [0.1, 0.15) is 0 Å². The van der Waals surface area contributed by atoms with Gasteiger partial charge in [0.25, 0.3) is 0 Å². The summed E-state index contributed by atoms with van der Waals surface area (Å²) in [6.07, 6.45) is 0. The predicted molar refractivity (Wildman–Crippen MR) is 234 cm³/mol. The summed E-state index contributed by atoms with van der Waals surface area (Å²) in [5.41, 5.74) is 12.2. The van der Waals surface area contributed by atoms with Crippen molar-refractivity contribution in [2.24, 2.45) is 0 Å². The molecule has 266 valence electrons. The fourth-order valence-electron chi connectivity index (χ4n) is 9.12. The van der Waals surface area contributed by atoms with Crippen LogP contribution in [0.5, 0.6) is 0 Å². The maximum absolute atomic E-state index is 5.06. The number of benzene rings is 9. The van der Waals surface area contributed by atoms with Crippen LogP contribution in [0.4, 0.5) is 0 Å². The van der Waals surface area contributed by atoms with E-state index in [0.29, 0.717) is 17.5 Å².